The Hall–Kier alpha value is -2.40. The molecule has 0 aliphatic carbocycles. The number of hydrogen-bond donors (Lipinski definition) is 0. The van der Waals surface area contributed by atoms with Crippen molar-refractivity contribution >= 4 is 104 Å². The summed E-state index contributed by atoms with van der Waals surface area (Å²) in [7, 11) is 0. The maximum atomic E-state index is 16.5. The zero-order chi connectivity index (χ0) is 40.8. The van der Waals surface area contributed by atoms with Crippen molar-refractivity contribution in [3.05, 3.63) is 67.6 Å². The molecule has 3 unspecified atom stereocenters. The number of rotatable bonds is 22. The number of benzene rings is 1. The van der Waals surface area contributed by atoms with E-state index in [-0.39, 0.29) is 4.88 Å². The van der Waals surface area contributed by atoms with Gasteiger partial charge >= 0.3 is 5.97 Å². The number of thiophene rings is 6. The van der Waals surface area contributed by atoms with Crippen molar-refractivity contribution in [2.45, 2.75) is 131 Å². The van der Waals surface area contributed by atoms with Crippen LogP contribution in [0.5, 0.6) is 0 Å². The van der Waals surface area contributed by atoms with Crippen LogP contribution in [-0.2, 0) is 17.6 Å². The second kappa shape index (κ2) is 20.4. The molecule has 0 spiro atoms. The molecule has 310 valence electrons. The molecule has 0 radical (unpaired) electrons. The average Bonchev–Trinajstić information content (AvgIpc) is 4.10. The highest BCUT2D eigenvalue weighted by Gasteiger charge is 2.28. The fraction of sp³-hybridized carbons (Fsp3) is 0.490. The summed E-state index contributed by atoms with van der Waals surface area (Å²) in [6.45, 7) is 13.9. The van der Waals surface area contributed by atoms with Crippen LogP contribution in [0.15, 0.2) is 47.2 Å². The minimum atomic E-state index is -0.534. The second-order valence-corrected chi connectivity index (χ2v) is 22.3. The summed E-state index contributed by atoms with van der Waals surface area (Å²) >= 11 is 10.4. The Kier molecular flexibility index (Phi) is 15.4. The van der Waals surface area contributed by atoms with Gasteiger partial charge in [0.2, 0.25) is 0 Å². The summed E-state index contributed by atoms with van der Waals surface area (Å²) in [5.41, 5.74) is 2.62. The predicted octanol–water partition coefficient (Wildman–Crippen LogP) is 18.5. The van der Waals surface area contributed by atoms with Crippen molar-refractivity contribution in [1.82, 2.24) is 0 Å². The number of unbranched alkanes of at least 4 members (excludes halogenated alkanes) is 3. The lowest BCUT2D eigenvalue weighted by atomic mass is 9.95. The summed E-state index contributed by atoms with van der Waals surface area (Å²) in [6.07, 6.45) is 16.5. The Morgan fingerprint density at radius 1 is 0.655 bits per heavy atom. The van der Waals surface area contributed by atoms with E-state index in [9.17, 15) is 4.79 Å². The Morgan fingerprint density at radius 3 is 1.83 bits per heavy atom. The van der Waals surface area contributed by atoms with Gasteiger partial charge in [0.25, 0.3) is 0 Å². The molecule has 58 heavy (non-hydrogen) atoms. The van der Waals surface area contributed by atoms with Crippen molar-refractivity contribution in [3.63, 3.8) is 0 Å². The summed E-state index contributed by atoms with van der Waals surface area (Å²) in [5.74, 6) is 0.761. The fourth-order valence-electron chi connectivity index (χ4n) is 8.37. The van der Waals surface area contributed by atoms with Crippen molar-refractivity contribution in [1.29, 1.82) is 0 Å². The first-order valence-corrected chi connectivity index (χ1v) is 26.9. The van der Waals surface area contributed by atoms with Gasteiger partial charge in [-0.1, -0.05) is 112 Å². The lowest BCUT2D eigenvalue weighted by Crippen LogP contribution is -2.14. The van der Waals surface area contributed by atoms with E-state index in [1.165, 1.54) is 114 Å². The third kappa shape index (κ3) is 9.40. The van der Waals surface area contributed by atoms with Crippen molar-refractivity contribution in [3.8, 4) is 30.6 Å². The number of carbonyl (C=O) groups excluding carboxylic acids is 1. The maximum Gasteiger partial charge on any atom is 0.351 e. The standard InChI is InChI=1S/C49H59FO2S6/c1-7-13-16-30(10-4)25-33-19-21-37(55-33)41-35-23-24-53-45(35)42(38-22-20-34(56-38)26-31(11-5)17-14-8-2)36-27-39(57-46(36)41)47-43-40(29-54-47)58-48(44(43)50)49(51)52-28-32(12-6)18-15-9-3/h19-24,27,29-32H,7-18,25-26,28H2,1-6H3. The van der Waals surface area contributed by atoms with E-state index in [1.54, 1.807) is 22.7 Å². The van der Waals surface area contributed by atoms with Gasteiger partial charge < -0.3 is 4.74 Å². The lowest BCUT2D eigenvalue weighted by Gasteiger charge is -2.14. The van der Waals surface area contributed by atoms with Gasteiger partial charge in [-0.25, -0.2) is 9.18 Å². The molecule has 7 rings (SSSR count). The molecule has 0 bridgehead atoms. The average molecular weight is 891 g/mol. The third-order valence-electron chi connectivity index (χ3n) is 12.1. The van der Waals surface area contributed by atoms with Gasteiger partial charge in [0.05, 0.1) is 11.5 Å². The van der Waals surface area contributed by atoms with E-state index >= 15 is 4.39 Å². The van der Waals surface area contributed by atoms with Gasteiger partial charge in [-0.3, -0.25) is 0 Å². The van der Waals surface area contributed by atoms with Crippen LogP contribution >= 0.6 is 68.0 Å². The number of hydrogen-bond acceptors (Lipinski definition) is 8. The number of fused-ring (bicyclic) bond motifs is 3. The Bertz CT molecular complexity index is 2310. The lowest BCUT2D eigenvalue weighted by molar-refractivity contribution is 0.0429. The molecule has 7 aromatic rings. The van der Waals surface area contributed by atoms with E-state index in [0.717, 1.165) is 53.0 Å². The first-order valence-electron chi connectivity index (χ1n) is 21.8. The molecule has 1 aromatic carbocycles. The van der Waals surface area contributed by atoms with E-state index in [1.807, 2.05) is 39.4 Å². The van der Waals surface area contributed by atoms with E-state index < -0.39 is 11.8 Å². The molecule has 2 nitrogen and oxygen atoms in total. The number of carbonyl (C=O) groups is 1. The molecule has 9 heteroatoms. The quantitative estimate of drug-likeness (QED) is 0.0634. The minimum absolute atomic E-state index is 0.0956. The van der Waals surface area contributed by atoms with Crippen LogP contribution in [0.2, 0.25) is 0 Å². The van der Waals surface area contributed by atoms with E-state index in [2.05, 4.69) is 83.3 Å². The Morgan fingerprint density at radius 2 is 1.24 bits per heavy atom. The molecule has 0 saturated heterocycles. The van der Waals surface area contributed by atoms with Crippen LogP contribution in [0, 0.1) is 23.6 Å². The van der Waals surface area contributed by atoms with Gasteiger partial charge in [-0.2, -0.15) is 0 Å². The molecule has 3 atom stereocenters. The van der Waals surface area contributed by atoms with Crippen LogP contribution in [-0.4, -0.2) is 12.6 Å². The van der Waals surface area contributed by atoms with E-state index in [4.69, 9.17) is 4.74 Å². The largest absolute Gasteiger partial charge is 0.461 e. The van der Waals surface area contributed by atoms with Crippen LogP contribution in [0.3, 0.4) is 0 Å². The summed E-state index contributed by atoms with van der Waals surface area (Å²) < 4.78 is 25.7. The predicted molar refractivity (Wildman–Crippen MR) is 260 cm³/mol. The molecule has 0 aliphatic heterocycles. The van der Waals surface area contributed by atoms with Gasteiger partial charge in [0, 0.05) is 71.2 Å². The summed E-state index contributed by atoms with van der Waals surface area (Å²) in [6, 6.07) is 14.1. The smallest absolute Gasteiger partial charge is 0.351 e. The Labute approximate surface area is 369 Å². The first-order chi connectivity index (χ1) is 28.3. The monoisotopic (exact) mass is 890 g/mol. The highest BCUT2D eigenvalue weighted by atomic mass is 32.1. The van der Waals surface area contributed by atoms with Gasteiger partial charge in [-0.05, 0) is 78.8 Å². The van der Waals surface area contributed by atoms with Crippen LogP contribution in [0.1, 0.15) is 138 Å². The SMILES string of the molecule is CCCCC(CC)COC(=O)c1sc2csc(-c3cc4c(-c5ccc(CC(CC)CCCC)s5)c5sccc5c(-c5ccc(CC(CC)CCCC)s5)c4s3)c2c1F. The van der Waals surface area contributed by atoms with Crippen molar-refractivity contribution in [2.75, 3.05) is 6.61 Å². The van der Waals surface area contributed by atoms with Crippen molar-refractivity contribution in [2.24, 2.45) is 17.8 Å². The second-order valence-electron chi connectivity index (χ2n) is 16.1. The zero-order valence-corrected chi connectivity index (χ0v) is 40.0. The normalized spacial score (nSPS) is 13.6. The van der Waals surface area contributed by atoms with E-state index in [0.29, 0.717) is 29.7 Å². The molecule has 0 fully saturated rings. The van der Waals surface area contributed by atoms with Crippen LogP contribution < -0.4 is 0 Å². The molecule has 0 saturated carbocycles. The molecule has 0 amide bonds. The minimum Gasteiger partial charge on any atom is -0.461 e. The topological polar surface area (TPSA) is 26.3 Å². The molecule has 6 heterocycles. The van der Waals surface area contributed by atoms with Crippen LogP contribution in [0.25, 0.3) is 60.9 Å². The number of halogens is 1. The maximum absolute atomic E-state index is 16.5. The third-order valence-corrected chi connectivity index (χ3v) is 18.8. The van der Waals surface area contributed by atoms with Gasteiger partial charge in [0.1, 0.15) is 4.88 Å². The molecule has 0 aliphatic rings. The van der Waals surface area contributed by atoms with Crippen molar-refractivity contribution < 1.29 is 13.9 Å². The Balaban J connectivity index is 1.32. The first kappa shape index (κ1) is 43.7. The fourth-order valence-corrected chi connectivity index (χ4v) is 15.4. The number of esters is 1. The molecule has 6 aromatic heterocycles. The summed E-state index contributed by atoms with van der Waals surface area (Å²) in [5, 5.41) is 7.40. The zero-order valence-electron chi connectivity index (χ0n) is 35.1. The van der Waals surface area contributed by atoms with Gasteiger partial charge in [0.15, 0.2) is 5.82 Å². The highest BCUT2D eigenvalue weighted by Crippen LogP contribution is 2.54. The molecule has 0 N–H and O–H groups in total. The molecular weight excluding hydrogens is 832 g/mol. The summed E-state index contributed by atoms with van der Waals surface area (Å²) in [4.78, 5) is 21.0. The molecular formula is C49H59FO2S6. The van der Waals surface area contributed by atoms with Gasteiger partial charge in [-0.15, -0.1) is 68.0 Å². The number of ether oxygens (including phenoxy) is 1. The highest BCUT2D eigenvalue weighted by molar-refractivity contribution is 7.30. The van der Waals surface area contributed by atoms with Crippen LogP contribution in [0.4, 0.5) is 4.39 Å².